The topological polar surface area (TPSA) is 62.2 Å². The van der Waals surface area contributed by atoms with Crippen molar-refractivity contribution in [2.75, 3.05) is 13.1 Å². The van der Waals surface area contributed by atoms with Crippen LogP contribution in [0.1, 0.15) is 59.4 Å². The van der Waals surface area contributed by atoms with Crippen LogP contribution < -0.4 is 5.32 Å². The molecule has 1 saturated heterocycles. The van der Waals surface area contributed by atoms with E-state index in [9.17, 15) is 9.90 Å². The van der Waals surface area contributed by atoms with Crippen LogP contribution >= 0.6 is 11.6 Å². The Morgan fingerprint density at radius 2 is 1.88 bits per heavy atom. The van der Waals surface area contributed by atoms with Crippen molar-refractivity contribution in [3.63, 3.8) is 0 Å². The molecule has 0 saturated carbocycles. The van der Waals surface area contributed by atoms with Gasteiger partial charge in [-0.15, -0.1) is 0 Å². The van der Waals surface area contributed by atoms with E-state index in [-0.39, 0.29) is 17.6 Å². The summed E-state index contributed by atoms with van der Waals surface area (Å²) in [4.78, 5) is 19.1. The molecule has 33 heavy (non-hydrogen) atoms. The van der Waals surface area contributed by atoms with Gasteiger partial charge in [0.1, 0.15) is 0 Å². The fourth-order valence-corrected chi connectivity index (χ4v) is 6.77. The van der Waals surface area contributed by atoms with Crippen molar-refractivity contribution in [1.29, 1.82) is 0 Å². The lowest BCUT2D eigenvalue weighted by atomic mass is 9.64. The number of aromatic nitrogens is 1. The number of nitrogens with one attached hydrogen (secondary N) is 1. The molecule has 2 heterocycles. The molecule has 1 aromatic heterocycles. The molecule has 2 aromatic carbocycles. The number of carbonyl (C=O) groups is 1. The molecule has 0 spiro atoms. The van der Waals surface area contributed by atoms with Crippen molar-refractivity contribution >= 4 is 17.4 Å². The SMILES string of the molecule is O=C(C(O)(CC1CCNCC1)c1cccnc1)[C@@]12C[C@@H](c3ccccc31)c1ccc(Cl)cc12. The smallest absolute Gasteiger partial charge is 0.183 e. The minimum absolute atomic E-state index is 0.141. The first kappa shape index (κ1) is 21.0. The van der Waals surface area contributed by atoms with Gasteiger partial charge in [-0.05, 0) is 85.1 Å². The highest BCUT2D eigenvalue weighted by atomic mass is 35.5. The molecule has 0 radical (unpaired) electrons. The Morgan fingerprint density at radius 1 is 1.09 bits per heavy atom. The molecular formula is C28H27ClN2O2. The van der Waals surface area contributed by atoms with Crippen molar-refractivity contribution in [2.45, 2.75) is 42.6 Å². The van der Waals surface area contributed by atoms with Crippen molar-refractivity contribution < 1.29 is 9.90 Å². The van der Waals surface area contributed by atoms with Crippen LogP contribution in [0.15, 0.2) is 67.0 Å². The summed E-state index contributed by atoms with van der Waals surface area (Å²) in [5.41, 5.74) is 2.37. The predicted octanol–water partition coefficient (Wildman–Crippen LogP) is 4.72. The second kappa shape index (κ2) is 7.76. The number of carbonyl (C=O) groups excluding carboxylic acids is 1. The maximum atomic E-state index is 14.8. The zero-order valence-electron chi connectivity index (χ0n) is 18.4. The van der Waals surface area contributed by atoms with Crippen molar-refractivity contribution in [1.82, 2.24) is 10.3 Å². The molecule has 3 atom stereocenters. The molecule has 0 amide bonds. The lowest BCUT2D eigenvalue weighted by Crippen LogP contribution is -2.50. The number of pyridine rings is 1. The van der Waals surface area contributed by atoms with E-state index < -0.39 is 11.0 Å². The zero-order chi connectivity index (χ0) is 22.6. The van der Waals surface area contributed by atoms with Crippen LogP contribution in [0.2, 0.25) is 5.02 Å². The van der Waals surface area contributed by atoms with Crippen LogP contribution in [-0.4, -0.2) is 29.0 Å². The second-order valence-electron chi connectivity index (χ2n) is 9.81. The third-order valence-corrected chi connectivity index (χ3v) is 8.34. The summed E-state index contributed by atoms with van der Waals surface area (Å²) in [7, 11) is 0. The summed E-state index contributed by atoms with van der Waals surface area (Å²) in [6.45, 7) is 1.83. The van der Waals surface area contributed by atoms with Gasteiger partial charge in [-0.25, -0.2) is 0 Å². The van der Waals surface area contributed by atoms with Gasteiger partial charge in [0.25, 0.3) is 0 Å². The van der Waals surface area contributed by atoms with Gasteiger partial charge in [0, 0.05) is 28.9 Å². The van der Waals surface area contributed by atoms with E-state index in [1.54, 1.807) is 18.5 Å². The summed E-state index contributed by atoms with van der Waals surface area (Å²) in [5.74, 6) is 0.274. The molecule has 5 heteroatoms. The molecule has 4 nitrogen and oxygen atoms in total. The van der Waals surface area contributed by atoms with Crippen LogP contribution in [-0.2, 0) is 15.8 Å². The molecule has 1 aliphatic heterocycles. The van der Waals surface area contributed by atoms with E-state index in [4.69, 9.17) is 11.6 Å². The molecule has 6 rings (SSSR count). The second-order valence-corrected chi connectivity index (χ2v) is 10.2. The van der Waals surface area contributed by atoms with Crippen molar-refractivity contribution in [3.8, 4) is 0 Å². The van der Waals surface area contributed by atoms with E-state index in [1.165, 1.54) is 5.56 Å². The first-order valence-corrected chi connectivity index (χ1v) is 12.2. The number of hydrogen-bond acceptors (Lipinski definition) is 4. The number of benzene rings is 2. The molecule has 2 bridgehead atoms. The van der Waals surface area contributed by atoms with Gasteiger partial charge in [0.15, 0.2) is 11.4 Å². The summed E-state index contributed by atoms with van der Waals surface area (Å²) in [6, 6.07) is 17.8. The summed E-state index contributed by atoms with van der Waals surface area (Å²) in [5, 5.41) is 16.4. The van der Waals surface area contributed by atoms with Crippen molar-refractivity contribution in [2.24, 2.45) is 5.92 Å². The number of ketones is 1. The minimum Gasteiger partial charge on any atom is -0.377 e. The Hall–Kier alpha value is -2.53. The first-order chi connectivity index (χ1) is 16.0. The number of fused-ring (bicyclic) bond motifs is 8. The van der Waals surface area contributed by atoms with Gasteiger partial charge in [0.05, 0.1) is 5.41 Å². The normalized spacial score (nSPS) is 25.3. The van der Waals surface area contributed by atoms with E-state index in [2.05, 4.69) is 28.5 Å². The molecule has 3 aromatic rings. The Balaban J connectivity index is 1.54. The Bertz CT molecular complexity index is 1220. The maximum Gasteiger partial charge on any atom is 0.183 e. The van der Waals surface area contributed by atoms with Crippen molar-refractivity contribution in [3.05, 3.63) is 99.8 Å². The molecule has 1 unspecified atom stereocenters. The van der Waals surface area contributed by atoms with Gasteiger partial charge in [-0.1, -0.05) is 48.0 Å². The van der Waals surface area contributed by atoms with Crippen LogP contribution in [0, 0.1) is 5.92 Å². The Labute approximate surface area is 199 Å². The number of halogens is 1. The summed E-state index contributed by atoms with van der Waals surface area (Å²) >= 11 is 6.45. The molecule has 3 aliphatic rings. The molecule has 2 aliphatic carbocycles. The standard InChI is InChI=1S/C28H27ClN2O2/c29-20-7-8-22-23-16-27(25(22)14-20,24-6-2-1-5-21(23)24)26(32)28(33,19-4-3-11-31-17-19)15-18-9-12-30-13-10-18/h1-8,11,14,17-18,23,30,33H,9-10,12-13,15-16H2/t23-,27-,28?/m0/s1. The summed E-state index contributed by atoms with van der Waals surface area (Å²) < 4.78 is 0. The average molecular weight is 459 g/mol. The molecule has 1 fully saturated rings. The lowest BCUT2D eigenvalue weighted by Gasteiger charge is -2.40. The van der Waals surface area contributed by atoms with Gasteiger partial charge in [-0.2, -0.15) is 0 Å². The highest BCUT2D eigenvalue weighted by molar-refractivity contribution is 6.30. The Morgan fingerprint density at radius 3 is 2.67 bits per heavy atom. The number of aliphatic hydroxyl groups is 1. The van der Waals surface area contributed by atoms with E-state index in [0.717, 1.165) is 42.6 Å². The molecule has 2 N–H and O–H groups in total. The average Bonchev–Trinajstić information content (AvgIpc) is 3.38. The van der Waals surface area contributed by atoms with E-state index >= 15 is 0 Å². The monoisotopic (exact) mass is 458 g/mol. The number of nitrogens with zero attached hydrogens (tertiary/aromatic N) is 1. The minimum atomic E-state index is -1.62. The van der Waals surface area contributed by atoms with Gasteiger partial charge >= 0.3 is 0 Å². The fourth-order valence-electron chi connectivity index (χ4n) is 6.59. The first-order valence-electron chi connectivity index (χ1n) is 11.8. The third-order valence-electron chi connectivity index (χ3n) is 8.10. The zero-order valence-corrected chi connectivity index (χ0v) is 19.2. The fraction of sp³-hybridized carbons (Fsp3) is 0.357. The highest BCUT2D eigenvalue weighted by Crippen LogP contribution is 2.62. The molecular weight excluding hydrogens is 432 g/mol. The quantitative estimate of drug-likeness (QED) is 0.581. The molecule has 168 valence electrons. The number of piperidine rings is 1. The van der Waals surface area contributed by atoms with E-state index in [0.29, 0.717) is 23.4 Å². The van der Waals surface area contributed by atoms with Gasteiger partial charge in [-0.3, -0.25) is 9.78 Å². The maximum absolute atomic E-state index is 14.8. The summed E-state index contributed by atoms with van der Waals surface area (Å²) in [6.07, 6.45) is 6.29. The van der Waals surface area contributed by atoms with Crippen LogP contribution in [0.5, 0.6) is 0 Å². The van der Waals surface area contributed by atoms with E-state index in [1.807, 2.05) is 30.3 Å². The number of Topliss-reactive ketones (excluding diaryl/α,β-unsaturated/α-hetero) is 1. The van der Waals surface area contributed by atoms with Crippen LogP contribution in [0.4, 0.5) is 0 Å². The largest absolute Gasteiger partial charge is 0.377 e. The third kappa shape index (κ3) is 3.04. The van der Waals surface area contributed by atoms with Gasteiger partial charge in [0.2, 0.25) is 0 Å². The predicted molar refractivity (Wildman–Crippen MR) is 128 cm³/mol. The van der Waals surface area contributed by atoms with Crippen LogP contribution in [0.25, 0.3) is 0 Å². The highest BCUT2D eigenvalue weighted by Gasteiger charge is 2.62. The number of hydrogen-bond donors (Lipinski definition) is 2. The van der Waals surface area contributed by atoms with Gasteiger partial charge < -0.3 is 10.4 Å². The van der Waals surface area contributed by atoms with Crippen LogP contribution in [0.3, 0.4) is 0 Å². The Kier molecular flexibility index (Phi) is 4.95. The lowest BCUT2D eigenvalue weighted by molar-refractivity contribution is -0.145. The number of rotatable bonds is 5.